The number of hydrogen-bond acceptors (Lipinski definition) is 3. The minimum atomic E-state index is -1.34. The number of benzene rings is 1. The van der Waals surface area contributed by atoms with Crippen molar-refractivity contribution in [2.75, 3.05) is 5.75 Å². The molecule has 0 radical (unpaired) electrons. The predicted molar refractivity (Wildman–Crippen MR) is 115 cm³/mol. The summed E-state index contributed by atoms with van der Waals surface area (Å²) in [4.78, 5) is 13.7. The second-order valence-corrected chi connectivity index (χ2v) is 10.9. The maximum Gasteiger partial charge on any atom is 0.330 e. The van der Waals surface area contributed by atoms with Crippen molar-refractivity contribution in [2.24, 2.45) is 17.8 Å². The summed E-state index contributed by atoms with van der Waals surface area (Å²) in [5, 5.41) is 0. The van der Waals surface area contributed by atoms with Gasteiger partial charge in [-0.2, -0.15) is 0 Å². The van der Waals surface area contributed by atoms with Gasteiger partial charge < -0.3 is 4.74 Å². The Bertz CT molecular complexity index is 767. The molecular formula is C24H34O3S. The van der Waals surface area contributed by atoms with Crippen molar-refractivity contribution in [1.29, 1.82) is 0 Å². The number of rotatable bonds is 4. The molecule has 5 unspecified atom stereocenters. The lowest BCUT2D eigenvalue weighted by atomic mass is 9.75. The lowest BCUT2D eigenvalue weighted by Gasteiger charge is -2.41. The molecule has 1 aromatic carbocycles. The van der Waals surface area contributed by atoms with Crippen LogP contribution >= 0.6 is 0 Å². The Hall–Kier alpha value is -1.42. The van der Waals surface area contributed by atoms with E-state index >= 15 is 0 Å². The van der Waals surface area contributed by atoms with Crippen molar-refractivity contribution in [2.45, 2.75) is 71.2 Å². The van der Waals surface area contributed by atoms with Crippen LogP contribution in [0.1, 0.15) is 65.9 Å². The standard InChI is InChI=1S/C24H34O3S/c1-16(2)21-12-11-17(3)13-22(21)27-23(25)24(20-9-7-6-8-10-20)14-18(4)19(5)15-28(24)26/h6-10,16-17,21-22H,11-15H2,1-5H3. The summed E-state index contributed by atoms with van der Waals surface area (Å²) in [5.74, 6) is 1.54. The van der Waals surface area contributed by atoms with E-state index in [1.54, 1.807) is 0 Å². The highest BCUT2D eigenvalue weighted by atomic mass is 32.2. The van der Waals surface area contributed by atoms with Crippen molar-refractivity contribution < 1.29 is 13.7 Å². The summed E-state index contributed by atoms with van der Waals surface area (Å²) in [6, 6.07) is 9.62. The quantitative estimate of drug-likeness (QED) is 0.502. The van der Waals surface area contributed by atoms with E-state index < -0.39 is 15.5 Å². The molecule has 0 aromatic heterocycles. The topological polar surface area (TPSA) is 43.4 Å². The molecule has 5 atom stereocenters. The van der Waals surface area contributed by atoms with Crippen LogP contribution in [0.4, 0.5) is 0 Å². The highest BCUT2D eigenvalue weighted by Crippen LogP contribution is 2.43. The van der Waals surface area contributed by atoms with Crippen LogP contribution in [0.15, 0.2) is 41.5 Å². The van der Waals surface area contributed by atoms with Gasteiger partial charge in [0.2, 0.25) is 0 Å². The summed E-state index contributed by atoms with van der Waals surface area (Å²) < 4.78 is 18.6. The number of allylic oxidation sites excluding steroid dienone is 1. The highest BCUT2D eigenvalue weighted by molar-refractivity contribution is 7.87. The average Bonchev–Trinajstić information content (AvgIpc) is 2.65. The zero-order valence-corrected chi connectivity index (χ0v) is 18.7. The molecule has 2 aliphatic rings. The van der Waals surface area contributed by atoms with Gasteiger partial charge in [-0.25, -0.2) is 0 Å². The third-order valence-corrected chi connectivity index (χ3v) is 8.79. The van der Waals surface area contributed by atoms with Crippen LogP contribution in [0.2, 0.25) is 0 Å². The van der Waals surface area contributed by atoms with Gasteiger partial charge in [0.25, 0.3) is 0 Å². The Morgan fingerprint density at radius 3 is 2.46 bits per heavy atom. The van der Waals surface area contributed by atoms with Gasteiger partial charge in [-0.1, -0.05) is 68.7 Å². The van der Waals surface area contributed by atoms with Gasteiger partial charge in [-0.15, -0.1) is 0 Å². The molecule has 154 valence electrons. The lowest BCUT2D eigenvalue weighted by Crippen LogP contribution is -2.48. The van der Waals surface area contributed by atoms with E-state index in [0.717, 1.165) is 29.6 Å². The van der Waals surface area contributed by atoms with E-state index in [2.05, 4.69) is 27.7 Å². The molecule has 0 bridgehead atoms. The van der Waals surface area contributed by atoms with Crippen LogP contribution < -0.4 is 0 Å². The summed E-state index contributed by atoms with van der Waals surface area (Å²) in [7, 11) is -1.34. The summed E-state index contributed by atoms with van der Waals surface area (Å²) in [6.45, 7) is 10.7. The molecule has 0 amide bonds. The van der Waals surface area contributed by atoms with Crippen molar-refractivity contribution in [3.8, 4) is 0 Å². The van der Waals surface area contributed by atoms with Crippen molar-refractivity contribution in [3.05, 3.63) is 47.0 Å². The van der Waals surface area contributed by atoms with Gasteiger partial charge in [0.05, 0.1) is 0 Å². The molecule has 0 saturated heterocycles. The zero-order valence-electron chi connectivity index (χ0n) is 17.9. The van der Waals surface area contributed by atoms with Crippen LogP contribution in [-0.2, 0) is 25.1 Å². The van der Waals surface area contributed by atoms with Gasteiger partial charge in [-0.05, 0) is 50.0 Å². The number of ether oxygens (including phenoxy) is 1. The second-order valence-electron chi connectivity index (χ2n) is 9.19. The SMILES string of the molecule is CC1=C(C)CC(C(=O)OC2CC(C)CCC2C(C)C)(c2ccccc2)S(=O)C1. The predicted octanol–water partition coefficient (Wildman–Crippen LogP) is 5.37. The number of carbonyl (C=O) groups excluding carboxylic acids is 1. The molecule has 1 aliphatic heterocycles. The summed E-state index contributed by atoms with van der Waals surface area (Å²) >= 11 is 0. The molecule has 3 rings (SSSR count). The first-order valence-electron chi connectivity index (χ1n) is 10.6. The summed E-state index contributed by atoms with van der Waals surface area (Å²) in [6.07, 6.45) is 3.58. The molecule has 28 heavy (non-hydrogen) atoms. The van der Waals surface area contributed by atoms with E-state index in [1.807, 2.05) is 37.3 Å². The Labute approximate surface area is 172 Å². The van der Waals surface area contributed by atoms with Gasteiger partial charge in [0.1, 0.15) is 6.10 Å². The minimum absolute atomic E-state index is 0.0823. The fourth-order valence-corrected chi connectivity index (χ4v) is 6.65. The lowest BCUT2D eigenvalue weighted by molar-refractivity contribution is -0.159. The smallest absolute Gasteiger partial charge is 0.330 e. The Balaban J connectivity index is 1.97. The third kappa shape index (κ3) is 3.98. The molecule has 4 heteroatoms. The maximum atomic E-state index is 13.7. The fourth-order valence-electron chi connectivity index (χ4n) is 4.75. The first kappa shape index (κ1) is 21.3. The first-order valence-corrected chi connectivity index (χ1v) is 11.9. The van der Waals surface area contributed by atoms with Crippen LogP contribution in [0.5, 0.6) is 0 Å². The number of esters is 1. The van der Waals surface area contributed by atoms with Crippen LogP contribution in [-0.4, -0.2) is 22.0 Å². The maximum absolute atomic E-state index is 13.7. The van der Waals surface area contributed by atoms with Crippen molar-refractivity contribution >= 4 is 16.8 Å². The Morgan fingerprint density at radius 2 is 1.82 bits per heavy atom. The van der Waals surface area contributed by atoms with Gasteiger partial charge in [0.15, 0.2) is 4.75 Å². The van der Waals surface area contributed by atoms with Crippen LogP contribution in [0.3, 0.4) is 0 Å². The van der Waals surface area contributed by atoms with Gasteiger partial charge in [0, 0.05) is 23.0 Å². The van der Waals surface area contributed by atoms with E-state index in [1.165, 1.54) is 6.42 Å². The molecule has 3 nitrogen and oxygen atoms in total. The average molecular weight is 403 g/mol. The van der Waals surface area contributed by atoms with Crippen LogP contribution in [0.25, 0.3) is 0 Å². The van der Waals surface area contributed by atoms with E-state index in [4.69, 9.17) is 4.74 Å². The second kappa shape index (κ2) is 8.52. The van der Waals surface area contributed by atoms with E-state index in [9.17, 15) is 9.00 Å². The molecule has 0 spiro atoms. The normalized spacial score (nSPS) is 33.8. The number of hydrogen-bond donors (Lipinski definition) is 0. The molecule has 0 N–H and O–H groups in total. The molecule has 1 aromatic rings. The Morgan fingerprint density at radius 1 is 1.14 bits per heavy atom. The van der Waals surface area contributed by atoms with Gasteiger partial charge >= 0.3 is 5.97 Å². The minimum Gasteiger partial charge on any atom is -0.461 e. The van der Waals surface area contributed by atoms with E-state index in [0.29, 0.717) is 29.9 Å². The molecule has 1 aliphatic carbocycles. The molecule has 1 heterocycles. The molecule has 1 saturated carbocycles. The monoisotopic (exact) mass is 402 g/mol. The van der Waals surface area contributed by atoms with E-state index in [-0.39, 0.29) is 12.1 Å². The van der Waals surface area contributed by atoms with Crippen molar-refractivity contribution in [3.63, 3.8) is 0 Å². The first-order chi connectivity index (χ1) is 13.3. The van der Waals surface area contributed by atoms with Crippen LogP contribution in [0, 0.1) is 17.8 Å². The fraction of sp³-hybridized carbons (Fsp3) is 0.625. The molecule has 1 fully saturated rings. The largest absolute Gasteiger partial charge is 0.461 e. The molecular weight excluding hydrogens is 368 g/mol. The third-order valence-electron chi connectivity index (χ3n) is 6.77. The Kier molecular flexibility index (Phi) is 6.48. The van der Waals surface area contributed by atoms with Gasteiger partial charge in [-0.3, -0.25) is 9.00 Å². The number of carbonyl (C=O) groups is 1. The zero-order chi connectivity index (χ0) is 20.5. The summed E-state index contributed by atoms with van der Waals surface area (Å²) in [5.41, 5.74) is 3.09. The highest BCUT2D eigenvalue weighted by Gasteiger charge is 2.51. The van der Waals surface area contributed by atoms with Crippen molar-refractivity contribution in [1.82, 2.24) is 0 Å².